The Labute approximate surface area is 107 Å². The van der Waals surface area contributed by atoms with E-state index in [9.17, 15) is 9.59 Å². The fourth-order valence-electron chi connectivity index (χ4n) is 2.71. The maximum atomic E-state index is 11.8. The third kappa shape index (κ3) is 2.38. The average Bonchev–Trinajstić information content (AvgIpc) is 2.54. The van der Waals surface area contributed by atoms with E-state index < -0.39 is 0 Å². The number of hydrogen-bond acceptors (Lipinski definition) is 3. The molecule has 2 aliphatic rings. The molecule has 2 atom stereocenters. The minimum Gasteiger partial charge on any atom is -0.273 e. The lowest BCUT2D eigenvalue weighted by molar-refractivity contribution is -0.140. The number of carbonyl (C=O) groups is 2. The summed E-state index contributed by atoms with van der Waals surface area (Å²) in [6.07, 6.45) is 7.64. The summed E-state index contributed by atoms with van der Waals surface area (Å²) in [6.45, 7) is 4.16. The van der Waals surface area contributed by atoms with Gasteiger partial charge < -0.3 is 0 Å². The molecule has 2 amide bonds. The number of nitrogens with zero attached hydrogens (tertiary/aromatic N) is 1. The zero-order chi connectivity index (χ0) is 13.3. The first-order valence-electron chi connectivity index (χ1n) is 6.44. The van der Waals surface area contributed by atoms with E-state index in [2.05, 4.69) is 26.0 Å². The minimum absolute atomic E-state index is 0.210. The second kappa shape index (κ2) is 5.06. The molecule has 0 unspecified atom stereocenters. The van der Waals surface area contributed by atoms with Crippen LogP contribution >= 0.6 is 0 Å². The molecule has 2 rings (SSSR count). The third-order valence-corrected chi connectivity index (χ3v) is 3.76. The van der Waals surface area contributed by atoms with Crippen molar-refractivity contribution >= 4 is 11.8 Å². The highest BCUT2D eigenvalue weighted by Crippen LogP contribution is 2.37. The van der Waals surface area contributed by atoms with Crippen molar-refractivity contribution in [3.8, 4) is 0 Å². The van der Waals surface area contributed by atoms with Crippen molar-refractivity contribution in [3.63, 3.8) is 0 Å². The average molecular weight is 248 g/mol. The Morgan fingerprint density at radius 1 is 1.39 bits per heavy atom. The van der Waals surface area contributed by atoms with Gasteiger partial charge in [0.05, 0.1) is 11.8 Å². The number of rotatable bonds is 3. The first-order chi connectivity index (χ1) is 8.50. The zero-order valence-electron chi connectivity index (χ0n) is 11.0. The SMILES string of the molecule is CC(C)=CCCC1=CC[C@H]2C(=O)N(N)C(=O)[C@H]2C1. The molecule has 1 heterocycles. The quantitative estimate of drug-likeness (QED) is 0.359. The fraction of sp³-hybridized carbons (Fsp3) is 0.571. The van der Waals surface area contributed by atoms with Gasteiger partial charge in [-0.2, -0.15) is 0 Å². The maximum absolute atomic E-state index is 11.8. The lowest BCUT2D eigenvalue weighted by Gasteiger charge is -2.21. The van der Waals surface area contributed by atoms with Crippen LogP contribution < -0.4 is 5.84 Å². The van der Waals surface area contributed by atoms with Gasteiger partial charge in [-0.15, -0.1) is 0 Å². The lowest BCUT2D eigenvalue weighted by atomic mass is 9.80. The van der Waals surface area contributed by atoms with E-state index in [1.807, 2.05) is 0 Å². The van der Waals surface area contributed by atoms with Crippen molar-refractivity contribution < 1.29 is 9.59 Å². The number of carbonyl (C=O) groups excluding carboxylic acids is 2. The van der Waals surface area contributed by atoms with Gasteiger partial charge in [0.15, 0.2) is 0 Å². The number of nitrogens with two attached hydrogens (primary N) is 1. The normalized spacial score (nSPS) is 27.1. The molecule has 98 valence electrons. The molecule has 0 aromatic rings. The molecule has 0 spiro atoms. The van der Waals surface area contributed by atoms with Crippen LogP contribution in [-0.4, -0.2) is 16.8 Å². The van der Waals surface area contributed by atoms with E-state index in [0.717, 1.165) is 17.9 Å². The van der Waals surface area contributed by atoms with Gasteiger partial charge in [0.1, 0.15) is 0 Å². The molecule has 2 N–H and O–H groups in total. The number of amides is 2. The molecule has 0 bridgehead atoms. The van der Waals surface area contributed by atoms with E-state index in [1.165, 1.54) is 11.1 Å². The second-order valence-corrected chi connectivity index (χ2v) is 5.38. The fourth-order valence-corrected chi connectivity index (χ4v) is 2.71. The van der Waals surface area contributed by atoms with Crippen LogP contribution in [0.25, 0.3) is 0 Å². The summed E-state index contributed by atoms with van der Waals surface area (Å²) in [5.74, 6) is 4.61. The summed E-state index contributed by atoms with van der Waals surface area (Å²) in [5, 5.41) is 0.808. The summed E-state index contributed by atoms with van der Waals surface area (Å²) in [7, 11) is 0. The summed E-state index contributed by atoms with van der Waals surface area (Å²) >= 11 is 0. The van der Waals surface area contributed by atoms with Crippen molar-refractivity contribution in [3.05, 3.63) is 23.3 Å². The number of hydrogen-bond donors (Lipinski definition) is 1. The van der Waals surface area contributed by atoms with E-state index >= 15 is 0 Å². The molecule has 0 radical (unpaired) electrons. The Bertz CT molecular complexity index is 433. The first kappa shape index (κ1) is 13.0. The molecule has 4 nitrogen and oxygen atoms in total. The Kier molecular flexibility index (Phi) is 3.66. The van der Waals surface area contributed by atoms with Gasteiger partial charge >= 0.3 is 0 Å². The smallest absolute Gasteiger partial charge is 0.247 e. The van der Waals surface area contributed by atoms with Crippen molar-refractivity contribution in [2.75, 3.05) is 0 Å². The van der Waals surface area contributed by atoms with Gasteiger partial charge in [0, 0.05) is 0 Å². The van der Waals surface area contributed by atoms with Crippen LogP contribution in [0.2, 0.25) is 0 Å². The number of hydrazine groups is 1. The van der Waals surface area contributed by atoms with E-state index in [-0.39, 0.29) is 23.7 Å². The Hall–Kier alpha value is -1.42. The Balaban J connectivity index is 2.00. The number of fused-ring (bicyclic) bond motifs is 1. The summed E-state index contributed by atoms with van der Waals surface area (Å²) in [6, 6.07) is 0. The predicted molar refractivity (Wildman–Crippen MR) is 69.0 cm³/mol. The minimum atomic E-state index is -0.218. The molecule has 1 saturated heterocycles. The van der Waals surface area contributed by atoms with Crippen LogP contribution in [0.5, 0.6) is 0 Å². The monoisotopic (exact) mass is 248 g/mol. The molecule has 1 fully saturated rings. The van der Waals surface area contributed by atoms with Crippen LogP contribution in [0, 0.1) is 11.8 Å². The maximum Gasteiger partial charge on any atom is 0.247 e. The van der Waals surface area contributed by atoms with Gasteiger partial charge in [-0.25, -0.2) is 10.9 Å². The van der Waals surface area contributed by atoms with Gasteiger partial charge in [-0.3, -0.25) is 9.59 Å². The molecule has 0 saturated carbocycles. The van der Waals surface area contributed by atoms with E-state index in [1.54, 1.807) is 0 Å². The van der Waals surface area contributed by atoms with Crippen molar-refractivity contribution in [1.82, 2.24) is 5.01 Å². The standard InChI is InChI=1S/C14H20N2O2/c1-9(2)4-3-5-10-6-7-11-12(8-10)14(18)16(15)13(11)17/h4,6,11-12H,3,5,7-8,15H2,1-2H3/t11-,12+/m1/s1. The largest absolute Gasteiger partial charge is 0.273 e. The Morgan fingerprint density at radius 2 is 2.06 bits per heavy atom. The predicted octanol–water partition coefficient (Wildman–Crippen LogP) is 1.93. The number of imide groups is 1. The second-order valence-electron chi connectivity index (χ2n) is 5.38. The van der Waals surface area contributed by atoms with Gasteiger partial charge in [0.2, 0.25) is 11.8 Å². The topological polar surface area (TPSA) is 63.4 Å². The van der Waals surface area contributed by atoms with Crippen molar-refractivity contribution in [1.29, 1.82) is 0 Å². The molecular formula is C14H20N2O2. The lowest BCUT2D eigenvalue weighted by Crippen LogP contribution is -2.37. The van der Waals surface area contributed by atoms with Crippen LogP contribution in [0.1, 0.15) is 39.5 Å². The van der Waals surface area contributed by atoms with Crippen LogP contribution in [0.4, 0.5) is 0 Å². The highest BCUT2D eigenvalue weighted by molar-refractivity contribution is 6.04. The first-order valence-corrected chi connectivity index (χ1v) is 6.44. The van der Waals surface area contributed by atoms with Crippen LogP contribution in [-0.2, 0) is 9.59 Å². The van der Waals surface area contributed by atoms with Crippen molar-refractivity contribution in [2.24, 2.45) is 17.7 Å². The van der Waals surface area contributed by atoms with E-state index in [4.69, 9.17) is 5.84 Å². The highest BCUT2D eigenvalue weighted by Gasteiger charge is 2.47. The third-order valence-electron chi connectivity index (χ3n) is 3.76. The van der Waals surface area contributed by atoms with E-state index in [0.29, 0.717) is 12.8 Å². The summed E-state index contributed by atoms with van der Waals surface area (Å²) < 4.78 is 0. The zero-order valence-corrected chi connectivity index (χ0v) is 11.0. The van der Waals surface area contributed by atoms with Crippen molar-refractivity contribution in [2.45, 2.75) is 39.5 Å². The molecule has 0 aromatic heterocycles. The number of allylic oxidation sites excluding steroid dienone is 4. The Morgan fingerprint density at radius 3 is 2.72 bits per heavy atom. The molecular weight excluding hydrogens is 228 g/mol. The molecule has 0 aromatic carbocycles. The molecule has 4 heteroatoms. The van der Waals surface area contributed by atoms with Gasteiger partial charge in [-0.05, 0) is 39.5 Å². The van der Waals surface area contributed by atoms with Crippen LogP contribution in [0.3, 0.4) is 0 Å². The summed E-state index contributed by atoms with van der Waals surface area (Å²) in [5.41, 5.74) is 2.59. The molecule has 18 heavy (non-hydrogen) atoms. The molecule has 1 aliphatic carbocycles. The van der Waals surface area contributed by atoms with Crippen LogP contribution in [0.15, 0.2) is 23.3 Å². The highest BCUT2D eigenvalue weighted by atomic mass is 16.2. The summed E-state index contributed by atoms with van der Waals surface area (Å²) in [4.78, 5) is 23.5. The molecule has 1 aliphatic heterocycles. The van der Waals surface area contributed by atoms with Gasteiger partial charge in [-0.1, -0.05) is 23.3 Å². The van der Waals surface area contributed by atoms with Gasteiger partial charge in [0.25, 0.3) is 0 Å².